The third-order valence-electron chi connectivity index (χ3n) is 0.958. The van der Waals surface area contributed by atoms with E-state index in [9.17, 15) is 0 Å². The highest BCUT2D eigenvalue weighted by atomic mass is 15.3. The van der Waals surface area contributed by atoms with Gasteiger partial charge in [-0.25, -0.2) is 0 Å². The zero-order valence-corrected chi connectivity index (χ0v) is 6.31. The van der Waals surface area contributed by atoms with E-state index in [-0.39, 0.29) is 0 Å². The van der Waals surface area contributed by atoms with Gasteiger partial charge in [0.05, 0.1) is 0 Å². The standard InChI is InChI=1S/C6H15N3/c1-4-8-9-6(7)5(2)3/h5,8H,4H2,1-3H3,(H2,7,9). The molecule has 3 heteroatoms. The number of nitrogens with two attached hydrogens (primary N) is 1. The maximum absolute atomic E-state index is 5.49. The summed E-state index contributed by atoms with van der Waals surface area (Å²) in [5, 5.41) is 3.89. The molecule has 0 aromatic rings. The molecule has 0 bridgehead atoms. The maximum atomic E-state index is 5.49. The summed E-state index contributed by atoms with van der Waals surface area (Å²) in [6.07, 6.45) is 0. The summed E-state index contributed by atoms with van der Waals surface area (Å²) in [6.45, 7) is 6.83. The molecule has 9 heavy (non-hydrogen) atoms. The molecule has 0 aromatic heterocycles. The minimum absolute atomic E-state index is 0.337. The number of rotatable bonds is 3. The van der Waals surface area contributed by atoms with Crippen molar-refractivity contribution in [2.45, 2.75) is 20.8 Å². The van der Waals surface area contributed by atoms with Crippen LogP contribution < -0.4 is 11.2 Å². The van der Waals surface area contributed by atoms with Crippen molar-refractivity contribution in [2.75, 3.05) is 6.54 Å². The number of nitrogens with one attached hydrogen (secondary N) is 1. The maximum Gasteiger partial charge on any atom is 0.122 e. The molecule has 54 valence electrons. The minimum atomic E-state index is 0.337. The second-order valence-corrected chi connectivity index (χ2v) is 2.20. The van der Waals surface area contributed by atoms with Crippen LogP contribution in [0.1, 0.15) is 20.8 Å². The van der Waals surface area contributed by atoms with Crippen molar-refractivity contribution >= 4 is 5.84 Å². The average Bonchev–Trinajstić information content (AvgIpc) is 1.82. The van der Waals surface area contributed by atoms with Gasteiger partial charge in [-0.3, -0.25) is 0 Å². The summed E-state index contributed by atoms with van der Waals surface area (Å²) < 4.78 is 0. The summed E-state index contributed by atoms with van der Waals surface area (Å²) in [4.78, 5) is 0. The Hall–Kier alpha value is -0.730. The van der Waals surface area contributed by atoms with Crippen molar-refractivity contribution in [1.82, 2.24) is 5.43 Å². The summed E-state index contributed by atoms with van der Waals surface area (Å²) in [5.74, 6) is 1.00. The molecule has 0 saturated heterocycles. The zero-order valence-electron chi connectivity index (χ0n) is 6.31. The third kappa shape index (κ3) is 3.82. The van der Waals surface area contributed by atoms with Crippen molar-refractivity contribution in [3.8, 4) is 0 Å². The van der Waals surface area contributed by atoms with E-state index in [4.69, 9.17) is 5.73 Å². The van der Waals surface area contributed by atoms with Gasteiger partial charge in [-0.2, -0.15) is 5.10 Å². The monoisotopic (exact) mass is 129 g/mol. The highest BCUT2D eigenvalue weighted by molar-refractivity contribution is 5.81. The van der Waals surface area contributed by atoms with E-state index in [1.807, 2.05) is 20.8 Å². The van der Waals surface area contributed by atoms with Crippen LogP contribution in [0.2, 0.25) is 0 Å². The molecule has 0 amide bonds. The van der Waals surface area contributed by atoms with Crippen LogP contribution in [-0.2, 0) is 0 Å². The van der Waals surface area contributed by atoms with Crippen molar-refractivity contribution < 1.29 is 0 Å². The number of hydrogen-bond acceptors (Lipinski definition) is 2. The average molecular weight is 129 g/mol. The van der Waals surface area contributed by atoms with Gasteiger partial charge in [0, 0.05) is 12.5 Å². The van der Waals surface area contributed by atoms with E-state index in [0.717, 1.165) is 6.54 Å². The number of nitrogens with zero attached hydrogens (tertiary/aromatic N) is 1. The molecule has 0 radical (unpaired) electrons. The normalized spacial score (nSPS) is 12.2. The molecule has 0 aliphatic carbocycles. The van der Waals surface area contributed by atoms with Gasteiger partial charge >= 0.3 is 0 Å². The Morgan fingerprint density at radius 3 is 2.56 bits per heavy atom. The largest absolute Gasteiger partial charge is 0.386 e. The van der Waals surface area contributed by atoms with Gasteiger partial charge < -0.3 is 11.2 Å². The molecule has 0 unspecified atom stereocenters. The molecular formula is C6H15N3. The summed E-state index contributed by atoms with van der Waals surface area (Å²) in [7, 11) is 0. The topological polar surface area (TPSA) is 50.4 Å². The molecule has 0 spiro atoms. The van der Waals surface area contributed by atoms with Crippen LogP contribution in [0, 0.1) is 5.92 Å². The Kier molecular flexibility index (Phi) is 3.84. The lowest BCUT2D eigenvalue weighted by atomic mass is 10.2. The first-order valence-electron chi connectivity index (χ1n) is 3.24. The van der Waals surface area contributed by atoms with Gasteiger partial charge in [-0.05, 0) is 6.92 Å². The molecular weight excluding hydrogens is 114 g/mol. The van der Waals surface area contributed by atoms with Crippen LogP contribution in [0.4, 0.5) is 0 Å². The molecule has 0 atom stereocenters. The molecule has 3 N–H and O–H groups in total. The van der Waals surface area contributed by atoms with Gasteiger partial charge in [0.25, 0.3) is 0 Å². The smallest absolute Gasteiger partial charge is 0.122 e. The zero-order chi connectivity index (χ0) is 7.28. The van der Waals surface area contributed by atoms with E-state index in [1.165, 1.54) is 0 Å². The van der Waals surface area contributed by atoms with E-state index in [0.29, 0.717) is 11.8 Å². The quantitative estimate of drug-likeness (QED) is 0.331. The molecule has 0 aliphatic rings. The van der Waals surface area contributed by atoms with E-state index >= 15 is 0 Å². The van der Waals surface area contributed by atoms with Gasteiger partial charge in [0.2, 0.25) is 0 Å². The predicted molar refractivity (Wildman–Crippen MR) is 40.1 cm³/mol. The van der Waals surface area contributed by atoms with Crippen molar-refractivity contribution in [1.29, 1.82) is 0 Å². The van der Waals surface area contributed by atoms with Gasteiger partial charge in [-0.1, -0.05) is 13.8 Å². The number of hydrazone groups is 1. The SMILES string of the molecule is CCN/N=C(\N)C(C)C. The van der Waals surface area contributed by atoms with Crippen LogP contribution in [0.25, 0.3) is 0 Å². The molecule has 0 heterocycles. The van der Waals surface area contributed by atoms with Crippen LogP contribution in [0.5, 0.6) is 0 Å². The molecule has 0 saturated carbocycles. The van der Waals surface area contributed by atoms with Gasteiger partial charge in [0.15, 0.2) is 0 Å². The summed E-state index contributed by atoms with van der Waals surface area (Å²) >= 11 is 0. The first kappa shape index (κ1) is 8.27. The first-order valence-corrected chi connectivity index (χ1v) is 3.24. The fourth-order valence-corrected chi connectivity index (χ4v) is 0.299. The van der Waals surface area contributed by atoms with E-state index < -0.39 is 0 Å². The molecule has 0 aliphatic heterocycles. The lowest BCUT2D eigenvalue weighted by Crippen LogP contribution is -2.22. The number of hydrogen-bond donors (Lipinski definition) is 2. The Morgan fingerprint density at radius 2 is 2.22 bits per heavy atom. The Balaban J connectivity index is 3.55. The van der Waals surface area contributed by atoms with Crippen molar-refractivity contribution in [3.63, 3.8) is 0 Å². The molecule has 0 aromatic carbocycles. The second kappa shape index (κ2) is 4.18. The Labute approximate surface area is 56.3 Å². The first-order chi connectivity index (χ1) is 4.18. The summed E-state index contributed by atoms with van der Waals surface area (Å²) in [5.41, 5.74) is 8.28. The fourth-order valence-electron chi connectivity index (χ4n) is 0.299. The summed E-state index contributed by atoms with van der Waals surface area (Å²) in [6, 6.07) is 0. The van der Waals surface area contributed by atoms with E-state index in [1.54, 1.807) is 0 Å². The molecule has 0 fully saturated rings. The van der Waals surface area contributed by atoms with Gasteiger partial charge in [-0.15, -0.1) is 0 Å². The fraction of sp³-hybridized carbons (Fsp3) is 0.833. The van der Waals surface area contributed by atoms with E-state index in [2.05, 4.69) is 10.5 Å². The van der Waals surface area contributed by atoms with Crippen molar-refractivity contribution in [3.05, 3.63) is 0 Å². The van der Waals surface area contributed by atoms with Crippen molar-refractivity contribution in [2.24, 2.45) is 16.8 Å². The lowest BCUT2D eigenvalue weighted by Gasteiger charge is -2.02. The van der Waals surface area contributed by atoms with Crippen LogP contribution in [0.15, 0.2) is 5.10 Å². The minimum Gasteiger partial charge on any atom is -0.386 e. The second-order valence-electron chi connectivity index (χ2n) is 2.20. The highest BCUT2D eigenvalue weighted by Gasteiger charge is 1.95. The Morgan fingerprint density at radius 1 is 1.67 bits per heavy atom. The van der Waals surface area contributed by atoms with Crippen LogP contribution in [-0.4, -0.2) is 12.4 Å². The molecule has 0 rings (SSSR count). The highest BCUT2D eigenvalue weighted by Crippen LogP contribution is 1.88. The number of amidine groups is 1. The van der Waals surface area contributed by atoms with Crippen LogP contribution in [0.3, 0.4) is 0 Å². The van der Waals surface area contributed by atoms with Crippen LogP contribution >= 0.6 is 0 Å². The Bertz CT molecular complexity index is 96.5. The van der Waals surface area contributed by atoms with Gasteiger partial charge in [0.1, 0.15) is 5.84 Å². The predicted octanol–water partition coefficient (Wildman–Crippen LogP) is 0.524. The third-order valence-corrected chi connectivity index (χ3v) is 0.958. The lowest BCUT2D eigenvalue weighted by molar-refractivity contribution is 0.753. The molecule has 3 nitrogen and oxygen atoms in total.